The molecule has 0 saturated heterocycles. The van der Waals surface area contributed by atoms with Gasteiger partial charge in [0.25, 0.3) is 0 Å². The standard InChI is InChI=1S/C15H24N2O/c1-4-15(5-2,13-18)12-17(6-3)11-14-7-9-16-10-8-14/h7-10,13H,4-6,11-12H2,1-3H3. The lowest BCUT2D eigenvalue weighted by molar-refractivity contribution is -0.117. The average molecular weight is 248 g/mol. The predicted molar refractivity (Wildman–Crippen MR) is 74.3 cm³/mol. The Balaban J connectivity index is 2.69. The quantitative estimate of drug-likeness (QED) is 0.663. The summed E-state index contributed by atoms with van der Waals surface area (Å²) in [6.45, 7) is 9.01. The van der Waals surface area contributed by atoms with Crippen LogP contribution in [0, 0.1) is 5.41 Å². The Labute approximate surface area is 110 Å². The van der Waals surface area contributed by atoms with Gasteiger partial charge in [-0.3, -0.25) is 9.88 Å². The van der Waals surface area contributed by atoms with Gasteiger partial charge in [0.05, 0.1) is 0 Å². The van der Waals surface area contributed by atoms with Crippen molar-refractivity contribution >= 4 is 6.29 Å². The summed E-state index contributed by atoms with van der Waals surface area (Å²) in [7, 11) is 0. The van der Waals surface area contributed by atoms with E-state index in [2.05, 4.69) is 30.7 Å². The summed E-state index contributed by atoms with van der Waals surface area (Å²) in [5.41, 5.74) is 1.06. The predicted octanol–water partition coefficient (Wildman–Crippen LogP) is 2.91. The van der Waals surface area contributed by atoms with Crippen molar-refractivity contribution in [2.24, 2.45) is 5.41 Å². The monoisotopic (exact) mass is 248 g/mol. The molecule has 0 N–H and O–H groups in total. The first-order chi connectivity index (χ1) is 8.69. The van der Waals surface area contributed by atoms with Crippen LogP contribution >= 0.6 is 0 Å². The van der Waals surface area contributed by atoms with Crippen molar-refractivity contribution in [1.29, 1.82) is 0 Å². The third-order valence-corrected chi connectivity index (χ3v) is 3.80. The first-order valence-corrected chi connectivity index (χ1v) is 6.77. The lowest BCUT2D eigenvalue weighted by atomic mass is 9.83. The van der Waals surface area contributed by atoms with Crippen LogP contribution in [0.3, 0.4) is 0 Å². The highest BCUT2D eigenvalue weighted by atomic mass is 16.1. The van der Waals surface area contributed by atoms with Crippen molar-refractivity contribution in [3.63, 3.8) is 0 Å². The second kappa shape index (κ2) is 7.27. The van der Waals surface area contributed by atoms with Crippen LogP contribution in [-0.2, 0) is 11.3 Å². The van der Waals surface area contributed by atoms with Crippen molar-refractivity contribution in [3.05, 3.63) is 30.1 Å². The molecule has 0 aliphatic heterocycles. The summed E-state index contributed by atoms with van der Waals surface area (Å²) < 4.78 is 0. The maximum Gasteiger partial charge on any atom is 0.127 e. The molecule has 0 spiro atoms. The van der Waals surface area contributed by atoms with Crippen molar-refractivity contribution in [3.8, 4) is 0 Å². The first kappa shape index (κ1) is 14.8. The Hall–Kier alpha value is -1.22. The number of hydrogen-bond donors (Lipinski definition) is 0. The summed E-state index contributed by atoms with van der Waals surface area (Å²) in [6, 6.07) is 4.06. The minimum Gasteiger partial charge on any atom is -0.303 e. The highest BCUT2D eigenvalue weighted by Gasteiger charge is 2.27. The molecule has 0 amide bonds. The van der Waals surface area contributed by atoms with Gasteiger partial charge < -0.3 is 4.79 Å². The van der Waals surface area contributed by atoms with E-state index in [0.29, 0.717) is 0 Å². The molecular formula is C15H24N2O. The van der Waals surface area contributed by atoms with Crippen LogP contribution < -0.4 is 0 Å². The lowest BCUT2D eigenvalue weighted by Crippen LogP contribution is -2.38. The molecule has 0 atom stereocenters. The van der Waals surface area contributed by atoms with E-state index in [1.807, 2.05) is 24.5 Å². The van der Waals surface area contributed by atoms with Crippen LogP contribution in [0.5, 0.6) is 0 Å². The third kappa shape index (κ3) is 3.91. The van der Waals surface area contributed by atoms with Gasteiger partial charge in [0, 0.05) is 30.9 Å². The Morgan fingerprint density at radius 3 is 2.28 bits per heavy atom. The molecule has 1 heterocycles. The van der Waals surface area contributed by atoms with Gasteiger partial charge in [-0.25, -0.2) is 0 Å². The Kier molecular flexibility index (Phi) is 5.99. The Bertz CT molecular complexity index is 347. The zero-order valence-electron chi connectivity index (χ0n) is 11.7. The zero-order chi connectivity index (χ0) is 13.4. The molecule has 3 nitrogen and oxygen atoms in total. The molecule has 0 bridgehead atoms. The van der Waals surface area contributed by atoms with E-state index in [9.17, 15) is 4.79 Å². The normalized spacial score (nSPS) is 11.8. The summed E-state index contributed by atoms with van der Waals surface area (Å²) >= 11 is 0. The van der Waals surface area contributed by atoms with E-state index in [-0.39, 0.29) is 5.41 Å². The van der Waals surface area contributed by atoms with Gasteiger partial charge in [-0.15, -0.1) is 0 Å². The zero-order valence-corrected chi connectivity index (χ0v) is 11.7. The van der Waals surface area contributed by atoms with E-state index in [1.54, 1.807) is 0 Å². The maximum absolute atomic E-state index is 11.4. The van der Waals surface area contributed by atoms with Gasteiger partial charge in [0.1, 0.15) is 6.29 Å². The van der Waals surface area contributed by atoms with E-state index in [1.165, 1.54) is 5.56 Å². The number of carbonyl (C=O) groups is 1. The molecule has 0 aromatic carbocycles. The number of nitrogens with zero attached hydrogens (tertiary/aromatic N) is 2. The van der Waals surface area contributed by atoms with Crippen LogP contribution in [0.1, 0.15) is 39.2 Å². The van der Waals surface area contributed by atoms with Gasteiger partial charge in [-0.1, -0.05) is 20.8 Å². The van der Waals surface area contributed by atoms with Gasteiger partial charge >= 0.3 is 0 Å². The molecule has 0 unspecified atom stereocenters. The highest BCUT2D eigenvalue weighted by molar-refractivity contribution is 5.59. The maximum atomic E-state index is 11.4. The number of carbonyl (C=O) groups excluding carboxylic acids is 1. The molecule has 1 aromatic rings. The molecule has 1 aromatic heterocycles. The number of rotatable bonds is 8. The van der Waals surface area contributed by atoms with Crippen LogP contribution in [0.15, 0.2) is 24.5 Å². The van der Waals surface area contributed by atoms with E-state index >= 15 is 0 Å². The van der Waals surface area contributed by atoms with E-state index < -0.39 is 0 Å². The molecule has 18 heavy (non-hydrogen) atoms. The molecule has 1 rings (SSSR count). The summed E-state index contributed by atoms with van der Waals surface area (Å²) in [4.78, 5) is 17.7. The number of pyridine rings is 1. The molecule has 0 radical (unpaired) electrons. The van der Waals surface area contributed by atoms with Crippen LogP contribution in [0.4, 0.5) is 0 Å². The minimum atomic E-state index is -0.191. The fourth-order valence-corrected chi connectivity index (χ4v) is 2.15. The molecule has 3 heteroatoms. The van der Waals surface area contributed by atoms with Crippen LogP contribution in [0.25, 0.3) is 0 Å². The topological polar surface area (TPSA) is 33.2 Å². The summed E-state index contributed by atoms with van der Waals surface area (Å²) in [5.74, 6) is 0. The van der Waals surface area contributed by atoms with Gasteiger partial charge in [-0.2, -0.15) is 0 Å². The number of hydrogen-bond acceptors (Lipinski definition) is 3. The highest BCUT2D eigenvalue weighted by Crippen LogP contribution is 2.25. The Morgan fingerprint density at radius 2 is 1.83 bits per heavy atom. The van der Waals surface area contributed by atoms with Crippen molar-refractivity contribution < 1.29 is 4.79 Å². The van der Waals surface area contributed by atoms with Gasteiger partial charge in [0.15, 0.2) is 0 Å². The van der Waals surface area contributed by atoms with Crippen LogP contribution in [-0.4, -0.2) is 29.3 Å². The van der Waals surface area contributed by atoms with Crippen molar-refractivity contribution in [2.45, 2.75) is 40.2 Å². The Morgan fingerprint density at radius 1 is 1.22 bits per heavy atom. The molecular weight excluding hydrogens is 224 g/mol. The fraction of sp³-hybridized carbons (Fsp3) is 0.600. The van der Waals surface area contributed by atoms with E-state index in [0.717, 1.165) is 38.8 Å². The molecule has 0 aliphatic carbocycles. The second-order valence-electron chi connectivity index (χ2n) is 4.85. The molecule has 0 saturated carbocycles. The summed E-state index contributed by atoms with van der Waals surface area (Å²) in [5, 5.41) is 0. The van der Waals surface area contributed by atoms with Crippen molar-refractivity contribution in [2.75, 3.05) is 13.1 Å². The smallest absolute Gasteiger partial charge is 0.127 e. The van der Waals surface area contributed by atoms with Gasteiger partial charge in [0.2, 0.25) is 0 Å². The molecule has 0 fully saturated rings. The fourth-order valence-electron chi connectivity index (χ4n) is 2.15. The van der Waals surface area contributed by atoms with Crippen LogP contribution in [0.2, 0.25) is 0 Å². The summed E-state index contributed by atoms with van der Waals surface area (Å²) in [6.07, 6.45) is 6.58. The van der Waals surface area contributed by atoms with Crippen molar-refractivity contribution in [1.82, 2.24) is 9.88 Å². The molecule has 100 valence electrons. The molecule has 0 aliphatic rings. The van der Waals surface area contributed by atoms with Gasteiger partial charge in [-0.05, 0) is 37.1 Å². The number of aromatic nitrogens is 1. The lowest BCUT2D eigenvalue weighted by Gasteiger charge is -2.32. The number of aldehydes is 1. The first-order valence-electron chi connectivity index (χ1n) is 6.77. The minimum absolute atomic E-state index is 0.191. The third-order valence-electron chi connectivity index (χ3n) is 3.80. The largest absolute Gasteiger partial charge is 0.303 e. The second-order valence-corrected chi connectivity index (χ2v) is 4.85. The van der Waals surface area contributed by atoms with E-state index in [4.69, 9.17) is 0 Å². The average Bonchev–Trinajstić information content (AvgIpc) is 2.45. The SMILES string of the molecule is CCN(Cc1ccncc1)CC(C=O)(CC)CC.